The van der Waals surface area contributed by atoms with Gasteiger partial charge in [-0.15, -0.1) is 0 Å². The number of amides is 1. The van der Waals surface area contributed by atoms with Gasteiger partial charge in [-0.3, -0.25) is 4.79 Å². The zero-order valence-electron chi connectivity index (χ0n) is 16.2. The van der Waals surface area contributed by atoms with Crippen molar-refractivity contribution in [3.8, 4) is 11.5 Å². The number of nitrogens with one attached hydrogen (secondary N) is 1. The van der Waals surface area contributed by atoms with Gasteiger partial charge in [-0.05, 0) is 44.2 Å². The predicted octanol–water partition coefficient (Wildman–Crippen LogP) is 4.23. The number of hydrogen-bond donors (Lipinski definition) is 1. The van der Waals surface area contributed by atoms with Gasteiger partial charge in [0.2, 0.25) is 0 Å². The maximum atomic E-state index is 12.9. The van der Waals surface area contributed by atoms with Gasteiger partial charge < -0.3 is 24.4 Å². The molecule has 28 heavy (non-hydrogen) atoms. The Morgan fingerprint density at radius 2 is 1.82 bits per heavy atom. The van der Waals surface area contributed by atoms with Crippen LogP contribution in [0.15, 0.2) is 36.4 Å². The molecule has 1 N–H and O–H groups in total. The molecule has 0 spiro atoms. The van der Waals surface area contributed by atoms with Crippen molar-refractivity contribution in [2.24, 2.45) is 0 Å². The molecule has 1 fully saturated rings. The molecule has 150 valence electrons. The van der Waals surface area contributed by atoms with Crippen LogP contribution in [0.5, 0.6) is 11.5 Å². The number of anilines is 2. The van der Waals surface area contributed by atoms with Gasteiger partial charge in [-0.2, -0.15) is 0 Å². The minimum atomic E-state index is -0.235. The van der Waals surface area contributed by atoms with Gasteiger partial charge in [0, 0.05) is 18.7 Å². The third kappa shape index (κ3) is 4.69. The van der Waals surface area contributed by atoms with E-state index in [0.717, 1.165) is 18.8 Å². The fraction of sp³-hybridized carbons (Fsp3) is 0.381. The molecule has 0 bridgehead atoms. The van der Waals surface area contributed by atoms with Crippen molar-refractivity contribution in [2.75, 3.05) is 49.7 Å². The number of carbonyl (C=O) groups is 1. The molecular weight excluding hydrogens is 380 g/mol. The number of hydrogen-bond acceptors (Lipinski definition) is 5. The Balaban J connectivity index is 1.85. The van der Waals surface area contributed by atoms with Gasteiger partial charge in [-0.25, -0.2) is 0 Å². The lowest BCUT2D eigenvalue weighted by Crippen LogP contribution is -2.37. The van der Waals surface area contributed by atoms with Gasteiger partial charge in [-0.1, -0.05) is 17.7 Å². The molecule has 7 heteroatoms. The average molecular weight is 405 g/mol. The lowest BCUT2D eigenvalue weighted by Gasteiger charge is -2.31. The quantitative estimate of drug-likeness (QED) is 0.748. The van der Waals surface area contributed by atoms with Gasteiger partial charge >= 0.3 is 0 Å². The molecule has 2 aromatic carbocycles. The van der Waals surface area contributed by atoms with Crippen molar-refractivity contribution in [3.05, 3.63) is 47.0 Å². The molecule has 0 radical (unpaired) electrons. The van der Waals surface area contributed by atoms with E-state index in [1.54, 1.807) is 18.2 Å². The number of nitrogens with zero attached hydrogens (tertiary/aromatic N) is 1. The first-order chi connectivity index (χ1) is 13.6. The third-order valence-electron chi connectivity index (χ3n) is 4.37. The largest absolute Gasteiger partial charge is 0.490 e. The molecule has 1 aliphatic rings. The molecule has 0 aromatic heterocycles. The second kappa shape index (κ2) is 9.66. The number of halogens is 1. The number of ether oxygens (including phenoxy) is 3. The summed E-state index contributed by atoms with van der Waals surface area (Å²) in [6.07, 6.45) is 0. The van der Waals surface area contributed by atoms with E-state index < -0.39 is 0 Å². The van der Waals surface area contributed by atoms with Crippen LogP contribution in [0.4, 0.5) is 11.4 Å². The summed E-state index contributed by atoms with van der Waals surface area (Å²) in [4.78, 5) is 15.0. The van der Waals surface area contributed by atoms with Gasteiger partial charge in [0.05, 0.1) is 42.8 Å². The van der Waals surface area contributed by atoms with Crippen LogP contribution in [-0.4, -0.2) is 45.4 Å². The first-order valence-electron chi connectivity index (χ1n) is 9.46. The van der Waals surface area contributed by atoms with E-state index in [0.29, 0.717) is 54.2 Å². The summed E-state index contributed by atoms with van der Waals surface area (Å²) >= 11 is 6.44. The van der Waals surface area contributed by atoms with Crippen LogP contribution in [0.25, 0.3) is 0 Å². The van der Waals surface area contributed by atoms with Crippen LogP contribution in [0.1, 0.15) is 24.2 Å². The van der Waals surface area contributed by atoms with E-state index in [1.807, 2.05) is 32.0 Å². The van der Waals surface area contributed by atoms with Gasteiger partial charge in [0.25, 0.3) is 5.91 Å². The van der Waals surface area contributed by atoms with Crippen LogP contribution in [0.2, 0.25) is 5.02 Å². The molecule has 2 aromatic rings. The number of benzene rings is 2. The normalized spacial score (nSPS) is 13.9. The zero-order valence-corrected chi connectivity index (χ0v) is 16.9. The van der Waals surface area contributed by atoms with E-state index in [9.17, 15) is 4.79 Å². The molecule has 1 aliphatic heterocycles. The Bertz CT molecular complexity index is 822. The number of para-hydroxylation sites is 1. The average Bonchev–Trinajstić information content (AvgIpc) is 2.70. The standard InChI is InChI=1S/C21H25ClN2O4/c1-3-27-18-9-8-15(14-19(18)28-4-2)21(25)23-17-7-5-6-16(22)20(17)24-10-12-26-13-11-24/h5-9,14H,3-4,10-13H2,1-2H3,(H,23,25). The third-order valence-corrected chi connectivity index (χ3v) is 4.67. The van der Waals surface area contributed by atoms with E-state index in [4.69, 9.17) is 25.8 Å². The van der Waals surface area contributed by atoms with E-state index in [-0.39, 0.29) is 5.91 Å². The summed E-state index contributed by atoms with van der Waals surface area (Å²) in [5.74, 6) is 0.940. The van der Waals surface area contributed by atoms with E-state index in [2.05, 4.69) is 10.2 Å². The van der Waals surface area contributed by atoms with Crippen LogP contribution >= 0.6 is 11.6 Å². The lowest BCUT2D eigenvalue weighted by molar-refractivity contribution is 0.102. The van der Waals surface area contributed by atoms with Crippen molar-refractivity contribution in [2.45, 2.75) is 13.8 Å². The Hall–Kier alpha value is -2.44. The number of rotatable bonds is 7. The van der Waals surface area contributed by atoms with Gasteiger partial charge in [0.1, 0.15) is 0 Å². The second-order valence-corrected chi connectivity index (χ2v) is 6.62. The fourth-order valence-corrected chi connectivity index (χ4v) is 3.41. The summed E-state index contributed by atoms with van der Waals surface area (Å²) in [5.41, 5.74) is 1.97. The second-order valence-electron chi connectivity index (χ2n) is 6.22. The smallest absolute Gasteiger partial charge is 0.255 e. The Labute approximate surface area is 170 Å². The Kier molecular flexibility index (Phi) is 7.01. The van der Waals surface area contributed by atoms with Crippen LogP contribution in [0.3, 0.4) is 0 Å². The van der Waals surface area contributed by atoms with Crippen LogP contribution in [0, 0.1) is 0 Å². The van der Waals surface area contributed by atoms with Crippen LogP contribution < -0.4 is 19.7 Å². The summed E-state index contributed by atoms with van der Waals surface area (Å²) in [5, 5.41) is 3.58. The molecule has 3 rings (SSSR count). The zero-order chi connectivity index (χ0) is 19.9. The highest BCUT2D eigenvalue weighted by atomic mass is 35.5. The van der Waals surface area contributed by atoms with Crippen molar-refractivity contribution >= 4 is 28.9 Å². The van der Waals surface area contributed by atoms with Gasteiger partial charge in [0.15, 0.2) is 11.5 Å². The van der Waals surface area contributed by atoms with Crippen molar-refractivity contribution in [1.29, 1.82) is 0 Å². The summed E-state index contributed by atoms with van der Waals surface area (Å²) < 4.78 is 16.6. The van der Waals surface area contributed by atoms with Crippen molar-refractivity contribution in [1.82, 2.24) is 0 Å². The molecule has 0 unspecified atom stereocenters. The number of morpholine rings is 1. The molecule has 1 amide bonds. The summed E-state index contributed by atoms with van der Waals surface area (Å²) in [6, 6.07) is 10.7. The number of carbonyl (C=O) groups excluding carboxylic acids is 1. The van der Waals surface area contributed by atoms with Crippen molar-refractivity contribution < 1.29 is 19.0 Å². The topological polar surface area (TPSA) is 60.0 Å². The Morgan fingerprint density at radius 3 is 2.54 bits per heavy atom. The SMILES string of the molecule is CCOc1ccc(C(=O)Nc2cccc(Cl)c2N2CCOCC2)cc1OCC. The maximum absolute atomic E-state index is 12.9. The monoisotopic (exact) mass is 404 g/mol. The van der Waals surface area contributed by atoms with Crippen LogP contribution in [-0.2, 0) is 4.74 Å². The van der Waals surface area contributed by atoms with Crippen molar-refractivity contribution in [3.63, 3.8) is 0 Å². The lowest BCUT2D eigenvalue weighted by atomic mass is 10.1. The highest BCUT2D eigenvalue weighted by molar-refractivity contribution is 6.34. The Morgan fingerprint density at radius 1 is 1.11 bits per heavy atom. The fourth-order valence-electron chi connectivity index (χ4n) is 3.11. The molecule has 1 heterocycles. The highest BCUT2D eigenvalue weighted by Crippen LogP contribution is 2.35. The maximum Gasteiger partial charge on any atom is 0.255 e. The summed E-state index contributed by atoms with van der Waals surface area (Å²) in [6.45, 7) is 7.53. The minimum absolute atomic E-state index is 0.235. The molecule has 1 saturated heterocycles. The molecule has 6 nitrogen and oxygen atoms in total. The predicted molar refractivity (Wildman–Crippen MR) is 111 cm³/mol. The van der Waals surface area contributed by atoms with E-state index in [1.165, 1.54) is 0 Å². The summed E-state index contributed by atoms with van der Waals surface area (Å²) in [7, 11) is 0. The molecule has 0 saturated carbocycles. The first kappa shape index (κ1) is 20.3. The molecule has 0 aliphatic carbocycles. The van der Waals surface area contributed by atoms with E-state index >= 15 is 0 Å². The minimum Gasteiger partial charge on any atom is -0.490 e. The highest BCUT2D eigenvalue weighted by Gasteiger charge is 2.20. The first-order valence-corrected chi connectivity index (χ1v) is 9.84. The molecule has 0 atom stereocenters. The molecular formula is C21H25ClN2O4.